The van der Waals surface area contributed by atoms with E-state index in [4.69, 9.17) is 4.74 Å². The van der Waals surface area contributed by atoms with Crippen molar-refractivity contribution < 1.29 is 9.53 Å². The predicted molar refractivity (Wildman–Crippen MR) is 67.7 cm³/mol. The van der Waals surface area contributed by atoms with E-state index in [0.29, 0.717) is 13.2 Å². The van der Waals surface area contributed by atoms with Crippen LogP contribution in [0.1, 0.15) is 6.42 Å². The SMILES string of the molecule is COCCCNC(=O)Nc1cccc(Br)c1. The summed E-state index contributed by atoms with van der Waals surface area (Å²) in [4.78, 5) is 11.4. The third kappa shape index (κ3) is 5.14. The van der Waals surface area contributed by atoms with E-state index >= 15 is 0 Å². The Hall–Kier alpha value is -1.07. The van der Waals surface area contributed by atoms with Gasteiger partial charge in [-0.1, -0.05) is 22.0 Å². The fourth-order valence-corrected chi connectivity index (χ4v) is 1.56. The lowest BCUT2D eigenvalue weighted by Crippen LogP contribution is -2.29. The maximum atomic E-state index is 11.4. The minimum absolute atomic E-state index is 0.200. The quantitative estimate of drug-likeness (QED) is 0.818. The summed E-state index contributed by atoms with van der Waals surface area (Å²) in [6, 6.07) is 7.25. The number of urea groups is 1. The van der Waals surface area contributed by atoms with Gasteiger partial charge in [-0.15, -0.1) is 0 Å². The van der Waals surface area contributed by atoms with Gasteiger partial charge in [-0.3, -0.25) is 0 Å². The van der Waals surface area contributed by atoms with Crippen LogP contribution in [0.2, 0.25) is 0 Å². The molecule has 0 fully saturated rings. The molecule has 1 aromatic carbocycles. The second kappa shape index (κ2) is 7.24. The van der Waals surface area contributed by atoms with E-state index in [1.54, 1.807) is 7.11 Å². The van der Waals surface area contributed by atoms with Crippen LogP contribution in [-0.4, -0.2) is 26.3 Å². The Kier molecular flexibility index (Phi) is 5.88. The summed E-state index contributed by atoms with van der Waals surface area (Å²) in [7, 11) is 1.64. The molecule has 0 spiro atoms. The molecule has 16 heavy (non-hydrogen) atoms. The third-order valence-electron chi connectivity index (χ3n) is 1.89. The first kappa shape index (κ1) is 13.0. The largest absolute Gasteiger partial charge is 0.385 e. The number of anilines is 1. The molecule has 0 bridgehead atoms. The van der Waals surface area contributed by atoms with Gasteiger partial charge in [-0.2, -0.15) is 0 Å². The number of benzene rings is 1. The highest BCUT2D eigenvalue weighted by Crippen LogP contribution is 2.15. The van der Waals surface area contributed by atoms with Crippen LogP contribution in [0, 0.1) is 0 Å². The normalized spacial score (nSPS) is 9.88. The first-order chi connectivity index (χ1) is 7.72. The van der Waals surface area contributed by atoms with Crippen molar-refractivity contribution in [3.63, 3.8) is 0 Å². The highest BCUT2D eigenvalue weighted by Gasteiger charge is 2.00. The Balaban J connectivity index is 2.29. The van der Waals surface area contributed by atoms with Gasteiger partial charge in [0.15, 0.2) is 0 Å². The summed E-state index contributed by atoms with van der Waals surface area (Å²) in [6.07, 6.45) is 0.808. The highest BCUT2D eigenvalue weighted by molar-refractivity contribution is 9.10. The van der Waals surface area contributed by atoms with Crippen molar-refractivity contribution in [1.82, 2.24) is 5.32 Å². The van der Waals surface area contributed by atoms with Gasteiger partial charge in [-0.05, 0) is 24.6 Å². The summed E-state index contributed by atoms with van der Waals surface area (Å²) in [6.45, 7) is 1.25. The molecule has 0 aliphatic heterocycles. The van der Waals surface area contributed by atoms with Crippen molar-refractivity contribution >= 4 is 27.6 Å². The van der Waals surface area contributed by atoms with Crippen molar-refractivity contribution in [3.8, 4) is 0 Å². The molecule has 2 amide bonds. The third-order valence-corrected chi connectivity index (χ3v) is 2.39. The molecule has 88 valence electrons. The van der Waals surface area contributed by atoms with Gasteiger partial charge >= 0.3 is 6.03 Å². The van der Waals surface area contributed by atoms with E-state index in [1.807, 2.05) is 24.3 Å². The Labute approximate surface area is 103 Å². The van der Waals surface area contributed by atoms with Gasteiger partial charge in [0, 0.05) is 30.4 Å². The Morgan fingerprint density at radius 1 is 1.50 bits per heavy atom. The molecular weight excluding hydrogens is 272 g/mol. The molecule has 2 N–H and O–H groups in total. The predicted octanol–water partition coefficient (Wildman–Crippen LogP) is 2.61. The first-order valence-corrected chi connectivity index (χ1v) is 5.81. The van der Waals surface area contributed by atoms with Gasteiger partial charge in [-0.25, -0.2) is 4.79 Å². The van der Waals surface area contributed by atoms with Crippen LogP contribution in [0.25, 0.3) is 0 Å². The standard InChI is InChI=1S/C11H15BrN2O2/c1-16-7-3-6-13-11(15)14-10-5-2-4-9(12)8-10/h2,4-5,8H,3,6-7H2,1H3,(H2,13,14,15). The summed E-state index contributed by atoms with van der Waals surface area (Å²) >= 11 is 3.34. The molecule has 0 aromatic heterocycles. The molecule has 4 nitrogen and oxygen atoms in total. The molecule has 0 saturated carbocycles. The average Bonchev–Trinajstić information content (AvgIpc) is 2.24. The molecule has 0 radical (unpaired) electrons. The van der Waals surface area contributed by atoms with Crippen LogP contribution in [-0.2, 0) is 4.74 Å². The number of methoxy groups -OCH3 is 1. The molecule has 1 rings (SSSR count). The number of carbonyl (C=O) groups excluding carboxylic acids is 1. The number of hydrogen-bond acceptors (Lipinski definition) is 2. The van der Waals surface area contributed by atoms with Gasteiger partial charge < -0.3 is 15.4 Å². The molecule has 0 saturated heterocycles. The first-order valence-electron chi connectivity index (χ1n) is 5.01. The molecule has 0 atom stereocenters. The zero-order chi connectivity index (χ0) is 11.8. The second-order valence-electron chi connectivity index (χ2n) is 3.24. The van der Waals surface area contributed by atoms with Gasteiger partial charge in [0.05, 0.1) is 0 Å². The Bertz CT molecular complexity index is 345. The zero-order valence-electron chi connectivity index (χ0n) is 9.13. The van der Waals surface area contributed by atoms with E-state index in [2.05, 4.69) is 26.6 Å². The van der Waals surface area contributed by atoms with Gasteiger partial charge in [0.1, 0.15) is 0 Å². The number of halogens is 1. The smallest absolute Gasteiger partial charge is 0.319 e. The summed E-state index contributed by atoms with van der Waals surface area (Å²) in [5.74, 6) is 0. The summed E-state index contributed by atoms with van der Waals surface area (Å²) in [5.41, 5.74) is 0.763. The van der Waals surface area contributed by atoms with E-state index in [0.717, 1.165) is 16.6 Å². The number of carbonyl (C=O) groups is 1. The van der Waals surface area contributed by atoms with Crippen LogP contribution >= 0.6 is 15.9 Å². The molecule has 0 unspecified atom stereocenters. The molecule has 5 heteroatoms. The van der Waals surface area contributed by atoms with Crippen LogP contribution in [0.5, 0.6) is 0 Å². The zero-order valence-corrected chi connectivity index (χ0v) is 10.7. The van der Waals surface area contributed by atoms with E-state index < -0.39 is 0 Å². The lowest BCUT2D eigenvalue weighted by Gasteiger charge is -2.07. The molecule has 0 aliphatic rings. The summed E-state index contributed by atoms with van der Waals surface area (Å²) < 4.78 is 5.81. The number of amides is 2. The van der Waals surface area contributed by atoms with Gasteiger partial charge in [0.25, 0.3) is 0 Å². The van der Waals surface area contributed by atoms with Crippen molar-refractivity contribution in [3.05, 3.63) is 28.7 Å². The van der Waals surface area contributed by atoms with E-state index in [9.17, 15) is 4.79 Å². The minimum Gasteiger partial charge on any atom is -0.385 e. The number of nitrogens with one attached hydrogen (secondary N) is 2. The summed E-state index contributed by atoms with van der Waals surface area (Å²) in [5, 5.41) is 5.48. The minimum atomic E-state index is -0.200. The van der Waals surface area contributed by atoms with Crippen molar-refractivity contribution in [2.75, 3.05) is 25.6 Å². The highest BCUT2D eigenvalue weighted by atomic mass is 79.9. The second-order valence-corrected chi connectivity index (χ2v) is 4.15. The maximum absolute atomic E-state index is 11.4. The molecule has 1 aromatic rings. The van der Waals surface area contributed by atoms with Crippen molar-refractivity contribution in [2.45, 2.75) is 6.42 Å². The number of ether oxygens (including phenoxy) is 1. The fraction of sp³-hybridized carbons (Fsp3) is 0.364. The van der Waals surface area contributed by atoms with Crippen LogP contribution in [0.15, 0.2) is 28.7 Å². The number of rotatable bonds is 5. The van der Waals surface area contributed by atoms with Crippen LogP contribution < -0.4 is 10.6 Å². The monoisotopic (exact) mass is 286 g/mol. The van der Waals surface area contributed by atoms with E-state index in [-0.39, 0.29) is 6.03 Å². The Morgan fingerprint density at radius 2 is 2.31 bits per heavy atom. The lowest BCUT2D eigenvalue weighted by molar-refractivity contribution is 0.194. The lowest BCUT2D eigenvalue weighted by atomic mass is 10.3. The van der Waals surface area contributed by atoms with Crippen molar-refractivity contribution in [1.29, 1.82) is 0 Å². The average molecular weight is 287 g/mol. The Morgan fingerprint density at radius 3 is 3.00 bits per heavy atom. The van der Waals surface area contributed by atoms with Crippen LogP contribution in [0.4, 0.5) is 10.5 Å². The van der Waals surface area contributed by atoms with Crippen molar-refractivity contribution in [2.24, 2.45) is 0 Å². The fourth-order valence-electron chi connectivity index (χ4n) is 1.16. The molecule has 0 heterocycles. The van der Waals surface area contributed by atoms with Gasteiger partial charge in [0.2, 0.25) is 0 Å². The van der Waals surface area contributed by atoms with Crippen LogP contribution in [0.3, 0.4) is 0 Å². The molecular formula is C11H15BrN2O2. The maximum Gasteiger partial charge on any atom is 0.319 e. The topological polar surface area (TPSA) is 50.4 Å². The number of hydrogen-bond donors (Lipinski definition) is 2. The van der Waals surface area contributed by atoms with E-state index in [1.165, 1.54) is 0 Å². The molecule has 0 aliphatic carbocycles.